The number of carbonyl (C=O) groups excluding carboxylic acids is 2. The fourth-order valence-electron chi connectivity index (χ4n) is 3.60. The molecule has 1 saturated heterocycles. The van der Waals surface area contributed by atoms with Gasteiger partial charge >= 0.3 is 0 Å². The first-order chi connectivity index (χ1) is 9.98. The van der Waals surface area contributed by atoms with Gasteiger partial charge in [0.2, 0.25) is 11.8 Å². The maximum Gasteiger partial charge on any atom is 0.248 e. The van der Waals surface area contributed by atoms with Crippen molar-refractivity contribution in [3.05, 3.63) is 0 Å². The molecule has 4 nitrogen and oxygen atoms in total. The van der Waals surface area contributed by atoms with Crippen molar-refractivity contribution >= 4 is 23.6 Å². The molecular formula is C16H28N2O2S. The second-order valence-corrected chi connectivity index (χ2v) is 7.82. The average Bonchev–Trinajstić information content (AvgIpc) is 2.91. The molecule has 0 aromatic rings. The van der Waals surface area contributed by atoms with Crippen LogP contribution in [0.15, 0.2) is 0 Å². The summed E-state index contributed by atoms with van der Waals surface area (Å²) < 4.78 is 0. The summed E-state index contributed by atoms with van der Waals surface area (Å²) in [6.07, 6.45) is 4.69. The SMILES string of the molecule is CCSC1CCCC1N1C(=O)C(C)(CC)NC(=O)C1CC. The highest BCUT2D eigenvalue weighted by Gasteiger charge is 2.50. The van der Waals surface area contributed by atoms with Crippen LogP contribution in [0.5, 0.6) is 0 Å². The standard InChI is InChI=1S/C16H28N2O2S/c1-5-11-14(19)17-16(4,6-2)15(20)18(11)12-9-8-10-13(12)21-7-3/h11-13H,5-10H2,1-4H3,(H,17,19). The Balaban J connectivity index is 2.31. The summed E-state index contributed by atoms with van der Waals surface area (Å²) in [5, 5.41) is 3.44. The molecule has 1 aliphatic carbocycles. The maximum atomic E-state index is 13.0. The van der Waals surface area contributed by atoms with Gasteiger partial charge < -0.3 is 10.2 Å². The summed E-state index contributed by atoms with van der Waals surface area (Å²) in [6, 6.07) is -0.0653. The minimum Gasteiger partial charge on any atom is -0.340 e. The van der Waals surface area contributed by atoms with Gasteiger partial charge in [0, 0.05) is 11.3 Å². The summed E-state index contributed by atoms with van der Waals surface area (Å²) in [4.78, 5) is 27.4. The van der Waals surface area contributed by atoms with Crippen LogP contribution in [0.3, 0.4) is 0 Å². The van der Waals surface area contributed by atoms with Gasteiger partial charge in [-0.05, 0) is 38.4 Å². The van der Waals surface area contributed by atoms with Crippen molar-refractivity contribution in [1.82, 2.24) is 10.2 Å². The third-order valence-electron chi connectivity index (χ3n) is 4.99. The number of thioether (sulfide) groups is 1. The van der Waals surface area contributed by atoms with Crippen molar-refractivity contribution in [3.8, 4) is 0 Å². The zero-order chi connectivity index (χ0) is 15.6. The number of rotatable bonds is 5. The van der Waals surface area contributed by atoms with E-state index < -0.39 is 5.54 Å². The van der Waals surface area contributed by atoms with Crippen LogP contribution in [-0.4, -0.2) is 45.3 Å². The Morgan fingerprint density at radius 1 is 1.29 bits per heavy atom. The number of amides is 2. The molecule has 2 fully saturated rings. The summed E-state index contributed by atoms with van der Waals surface area (Å²) in [6.45, 7) is 7.99. The second kappa shape index (κ2) is 6.59. The van der Waals surface area contributed by atoms with Gasteiger partial charge in [-0.25, -0.2) is 0 Å². The van der Waals surface area contributed by atoms with E-state index in [1.807, 2.05) is 37.4 Å². The maximum absolute atomic E-state index is 13.0. The third kappa shape index (κ3) is 2.94. The molecule has 4 unspecified atom stereocenters. The summed E-state index contributed by atoms with van der Waals surface area (Å²) in [7, 11) is 0. The fraction of sp³-hybridized carbons (Fsp3) is 0.875. The Labute approximate surface area is 132 Å². The van der Waals surface area contributed by atoms with Crippen molar-refractivity contribution in [2.75, 3.05) is 5.75 Å². The first-order valence-corrected chi connectivity index (χ1v) is 9.29. The van der Waals surface area contributed by atoms with Crippen LogP contribution in [0.25, 0.3) is 0 Å². The molecule has 1 aliphatic heterocycles. The highest BCUT2D eigenvalue weighted by Crippen LogP contribution is 2.37. The fourth-order valence-corrected chi connectivity index (χ4v) is 4.85. The lowest BCUT2D eigenvalue weighted by molar-refractivity contribution is -0.157. The number of hydrogen-bond acceptors (Lipinski definition) is 3. The Bertz CT molecular complexity index is 415. The summed E-state index contributed by atoms with van der Waals surface area (Å²) in [5.74, 6) is 1.20. The van der Waals surface area contributed by atoms with Crippen LogP contribution >= 0.6 is 11.8 Å². The van der Waals surface area contributed by atoms with E-state index in [1.165, 1.54) is 0 Å². The number of nitrogens with one attached hydrogen (secondary N) is 1. The molecule has 120 valence electrons. The van der Waals surface area contributed by atoms with E-state index in [0.29, 0.717) is 18.1 Å². The number of hydrogen-bond donors (Lipinski definition) is 1. The van der Waals surface area contributed by atoms with Crippen LogP contribution in [0.4, 0.5) is 0 Å². The number of nitrogens with zero attached hydrogens (tertiary/aromatic N) is 1. The van der Waals surface area contributed by atoms with Crippen molar-refractivity contribution in [1.29, 1.82) is 0 Å². The van der Waals surface area contributed by atoms with Gasteiger partial charge in [0.05, 0.1) is 0 Å². The van der Waals surface area contributed by atoms with Crippen LogP contribution in [0.1, 0.15) is 59.8 Å². The molecule has 0 spiro atoms. The molecule has 2 amide bonds. The van der Waals surface area contributed by atoms with Gasteiger partial charge in [0.25, 0.3) is 0 Å². The zero-order valence-corrected chi connectivity index (χ0v) is 14.5. The molecule has 1 heterocycles. The minimum atomic E-state index is -0.729. The van der Waals surface area contributed by atoms with E-state index in [4.69, 9.17) is 0 Å². The van der Waals surface area contributed by atoms with E-state index in [0.717, 1.165) is 25.0 Å². The average molecular weight is 312 g/mol. The Hall–Kier alpha value is -0.710. The van der Waals surface area contributed by atoms with Crippen molar-refractivity contribution in [3.63, 3.8) is 0 Å². The van der Waals surface area contributed by atoms with Crippen molar-refractivity contribution in [2.24, 2.45) is 0 Å². The largest absolute Gasteiger partial charge is 0.340 e. The molecule has 0 radical (unpaired) electrons. The van der Waals surface area contributed by atoms with Crippen molar-refractivity contribution < 1.29 is 9.59 Å². The minimum absolute atomic E-state index is 0.0219. The number of piperazine rings is 1. The lowest BCUT2D eigenvalue weighted by Gasteiger charge is -2.47. The lowest BCUT2D eigenvalue weighted by Crippen LogP contribution is -2.71. The molecule has 1 saturated carbocycles. The van der Waals surface area contributed by atoms with Gasteiger partial charge in [-0.15, -0.1) is 0 Å². The van der Waals surface area contributed by atoms with Gasteiger partial charge in [0.1, 0.15) is 11.6 Å². The van der Waals surface area contributed by atoms with Gasteiger partial charge in [-0.3, -0.25) is 9.59 Å². The second-order valence-electron chi connectivity index (χ2n) is 6.30. The van der Waals surface area contributed by atoms with E-state index >= 15 is 0 Å². The zero-order valence-electron chi connectivity index (χ0n) is 13.6. The van der Waals surface area contributed by atoms with E-state index in [1.54, 1.807) is 0 Å². The van der Waals surface area contributed by atoms with Crippen LogP contribution < -0.4 is 5.32 Å². The third-order valence-corrected chi connectivity index (χ3v) is 6.30. The molecule has 2 aliphatic rings. The Morgan fingerprint density at radius 2 is 2.00 bits per heavy atom. The first kappa shape index (κ1) is 16.7. The first-order valence-electron chi connectivity index (χ1n) is 8.24. The summed E-state index contributed by atoms with van der Waals surface area (Å²) >= 11 is 1.94. The molecule has 4 atom stereocenters. The summed E-state index contributed by atoms with van der Waals surface area (Å²) in [5.41, 5.74) is -0.729. The predicted molar refractivity (Wildman–Crippen MR) is 87.3 cm³/mol. The lowest BCUT2D eigenvalue weighted by atomic mass is 9.89. The van der Waals surface area contributed by atoms with Gasteiger partial charge in [-0.1, -0.05) is 27.2 Å². The molecule has 1 N–H and O–H groups in total. The Kier molecular flexibility index (Phi) is 5.23. The molecular weight excluding hydrogens is 284 g/mol. The molecule has 0 aromatic carbocycles. The molecule has 0 bridgehead atoms. The molecule has 2 rings (SSSR count). The Morgan fingerprint density at radius 3 is 2.57 bits per heavy atom. The number of carbonyl (C=O) groups is 2. The van der Waals surface area contributed by atoms with E-state index in [-0.39, 0.29) is 23.9 Å². The van der Waals surface area contributed by atoms with E-state index in [9.17, 15) is 9.59 Å². The molecule has 5 heteroatoms. The van der Waals surface area contributed by atoms with Crippen LogP contribution in [-0.2, 0) is 9.59 Å². The smallest absolute Gasteiger partial charge is 0.248 e. The van der Waals surface area contributed by atoms with Crippen molar-refractivity contribution in [2.45, 2.75) is 82.7 Å². The van der Waals surface area contributed by atoms with Gasteiger partial charge in [-0.2, -0.15) is 11.8 Å². The quantitative estimate of drug-likeness (QED) is 0.849. The molecule has 21 heavy (non-hydrogen) atoms. The highest BCUT2D eigenvalue weighted by atomic mass is 32.2. The normalized spacial score (nSPS) is 37.0. The predicted octanol–water partition coefficient (Wildman–Crippen LogP) is 2.57. The highest BCUT2D eigenvalue weighted by molar-refractivity contribution is 7.99. The van der Waals surface area contributed by atoms with Gasteiger partial charge in [0.15, 0.2) is 0 Å². The van der Waals surface area contributed by atoms with Crippen LogP contribution in [0.2, 0.25) is 0 Å². The monoisotopic (exact) mass is 312 g/mol. The van der Waals surface area contributed by atoms with E-state index in [2.05, 4.69) is 12.2 Å². The van der Waals surface area contributed by atoms with Crippen LogP contribution in [0, 0.1) is 0 Å². The molecule has 0 aromatic heterocycles. The topological polar surface area (TPSA) is 49.4 Å².